The molecule has 5 nitrogen and oxygen atoms in total. The van der Waals surface area contributed by atoms with Gasteiger partial charge in [0.2, 0.25) is 10.0 Å². The summed E-state index contributed by atoms with van der Waals surface area (Å²) in [6.07, 6.45) is 3.26. The van der Waals surface area contributed by atoms with Gasteiger partial charge in [-0.3, -0.25) is 0 Å². The molecule has 1 aromatic rings. The highest BCUT2D eigenvalue weighted by Crippen LogP contribution is 2.21. The topological polar surface area (TPSA) is 84.2 Å². The van der Waals surface area contributed by atoms with Gasteiger partial charge in [0.15, 0.2) is 0 Å². The zero-order chi connectivity index (χ0) is 13.9. The second kappa shape index (κ2) is 5.90. The molecule has 0 bridgehead atoms. The van der Waals surface area contributed by atoms with E-state index in [1.807, 2.05) is 6.07 Å². The fraction of sp³-hybridized carbons (Fsp3) is 0.538. The van der Waals surface area contributed by atoms with Crippen LogP contribution < -0.4 is 15.8 Å². The number of nitrogens with two attached hydrogens (primary N) is 1. The maximum absolute atomic E-state index is 11.5. The van der Waals surface area contributed by atoms with E-state index in [4.69, 9.17) is 5.14 Å². The van der Waals surface area contributed by atoms with Crippen molar-refractivity contribution in [3.05, 3.63) is 23.8 Å². The van der Waals surface area contributed by atoms with Crippen LogP contribution in [0.4, 0.5) is 5.69 Å². The number of hydrogen-bond acceptors (Lipinski definition) is 4. The van der Waals surface area contributed by atoms with E-state index in [-0.39, 0.29) is 4.90 Å². The Kier molecular flexibility index (Phi) is 4.44. The monoisotopic (exact) mass is 283 g/mol. The first kappa shape index (κ1) is 14.3. The van der Waals surface area contributed by atoms with Crippen LogP contribution in [0.5, 0.6) is 0 Å². The first-order valence-electron chi connectivity index (χ1n) is 6.57. The van der Waals surface area contributed by atoms with Crippen LogP contribution in [-0.4, -0.2) is 27.5 Å². The molecule has 1 aromatic carbocycles. The molecule has 1 aliphatic heterocycles. The Morgan fingerprint density at radius 1 is 1.32 bits per heavy atom. The van der Waals surface area contributed by atoms with Crippen molar-refractivity contribution in [2.45, 2.75) is 37.1 Å². The minimum absolute atomic E-state index is 0.198. The van der Waals surface area contributed by atoms with Gasteiger partial charge in [-0.15, -0.1) is 0 Å². The van der Waals surface area contributed by atoms with Gasteiger partial charge in [0.05, 0.1) is 4.90 Å². The predicted molar refractivity (Wildman–Crippen MR) is 76.7 cm³/mol. The molecule has 6 heteroatoms. The third-order valence-corrected chi connectivity index (χ3v) is 4.49. The van der Waals surface area contributed by atoms with Gasteiger partial charge < -0.3 is 10.6 Å². The Morgan fingerprint density at radius 2 is 2.11 bits per heavy atom. The Morgan fingerprint density at radius 3 is 2.84 bits per heavy atom. The zero-order valence-corrected chi connectivity index (χ0v) is 12.0. The van der Waals surface area contributed by atoms with Crippen molar-refractivity contribution < 1.29 is 8.42 Å². The van der Waals surface area contributed by atoms with Crippen LogP contribution in [0.15, 0.2) is 23.1 Å². The molecule has 1 atom stereocenters. The van der Waals surface area contributed by atoms with Crippen LogP contribution in [0.25, 0.3) is 0 Å². The van der Waals surface area contributed by atoms with E-state index in [0.29, 0.717) is 11.6 Å². The Bertz CT molecular complexity index is 535. The van der Waals surface area contributed by atoms with Crippen LogP contribution in [0.3, 0.4) is 0 Å². The summed E-state index contributed by atoms with van der Waals surface area (Å²) in [5, 5.41) is 12.0. The molecule has 0 aliphatic carbocycles. The molecule has 1 aliphatic rings. The van der Waals surface area contributed by atoms with E-state index in [1.165, 1.54) is 0 Å². The molecule has 106 valence electrons. The molecule has 0 saturated carbocycles. The van der Waals surface area contributed by atoms with Crippen LogP contribution in [0.2, 0.25) is 0 Å². The van der Waals surface area contributed by atoms with Gasteiger partial charge in [-0.1, -0.05) is 6.07 Å². The van der Waals surface area contributed by atoms with E-state index >= 15 is 0 Å². The summed E-state index contributed by atoms with van der Waals surface area (Å²) in [6, 6.07) is 5.70. The first-order valence-corrected chi connectivity index (χ1v) is 8.12. The second-order valence-electron chi connectivity index (χ2n) is 5.05. The van der Waals surface area contributed by atoms with E-state index in [0.717, 1.165) is 38.0 Å². The Labute approximate surface area is 114 Å². The minimum atomic E-state index is -3.66. The number of benzene rings is 1. The fourth-order valence-electron chi connectivity index (χ4n) is 2.40. The smallest absolute Gasteiger partial charge is 0.238 e. The lowest BCUT2D eigenvalue weighted by Crippen LogP contribution is -2.22. The van der Waals surface area contributed by atoms with Gasteiger partial charge >= 0.3 is 0 Å². The number of aryl methyl sites for hydroxylation is 1. The first-order chi connectivity index (χ1) is 8.97. The van der Waals surface area contributed by atoms with Crippen molar-refractivity contribution in [1.82, 2.24) is 5.32 Å². The number of sulfonamides is 1. The van der Waals surface area contributed by atoms with E-state index in [1.54, 1.807) is 19.1 Å². The lowest BCUT2D eigenvalue weighted by molar-refractivity contribution is 0.597. The van der Waals surface area contributed by atoms with Crippen molar-refractivity contribution >= 4 is 15.7 Å². The van der Waals surface area contributed by atoms with E-state index in [9.17, 15) is 8.42 Å². The molecule has 1 unspecified atom stereocenters. The minimum Gasteiger partial charge on any atom is -0.382 e. The largest absolute Gasteiger partial charge is 0.382 e. The number of hydrogen-bond donors (Lipinski definition) is 3. The highest BCUT2D eigenvalue weighted by Gasteiger charge is 2.15. The molecule has 1 fully saturated rings. The molecule has 0 spiro atoms. The van der Waals surface area contributed by atoms with Gasteiger partial charge in [0.25, 0.3) is 0 Å². The molecule has 2 rings (SSSR count). The van der Waals surface area contributed by atoms with Crippen LogP contribution in [0, 0.1) is 6.92 Å². The summed E-state index contributed by atoms with van der Waals surface area (Å²) in [6.45, 7) is 3.79. The molecular weight excluding hydrogens is 262 g/mol. The maximum atomic E-state index is 11.5. The van der Waals surface area contributed by atoms with Crippen LogP contribution in [0.1, 0.15) is 24.8 Å². The summed E-state index contributed by atoms with van der Waals surface area (Å²) in [5.41, 5.74) is 1.50. The third kappa shape index (κ3) is 3.92. The molecule has 0 amide bonds. The average molecular weight is 283 g/mol. The number of primary sulfonamides is 1. The summed E-state index contributed by atoms with van der Waals surface area (Å²) < 4.78 is 23.0. The van der Waals surface area contributed by atoms with Gasteiger partial charge in [0.1, 0.15) is 0 Å². The average Bonchev–Trinajstić information content (AvgIpc) is 2.59. The standard InChI is InChI=1S/C13H21N3O2S/c1-10-4-5-12(9-13(10)19(14,17)18)16-11-3-2-7-15-8-6-11/h4-5,9,11,15-16H,2-3,6-8H2,1H3,(H2,14,17,18). The van der Waals surface area contributed by atoms with Crippen LogP contribution >= 0.6 is 0 Å². The van der Waals surface area contributed by atoms with Crippen LogP contribution in [-0.2, 0) is 10.0 Å². The molecule has 4 N–H and O–H groups in total. The van der Waals surface area contributed by atoms with Gasteiger partial charge in [0, 0.05) is 11.7 Å². The van der Waals surface area contributed by atoms with Crippen molar-refractivity contribution in [3.63, 3.8) is 0 Å². The molecule has 0 radical (unpaired) electrons. The highest BCUT2D eigenvalue weighted by atomic mass is 32.2. The predicted octanol–water partition coefficient (Wildman–Crippen LogP) is 1.20. The Hall–Kier alpha value is -1.11. The van der Waals surface area contributed by atoms with E-state index in [2.05, 4.69) is 10.6 Å². The lowest BCUT2D eigenvalue weighted by Gasteiger charge is -2.18. The number of anilines is 1. The Balaban J connectivity index is 2.17. The van der Waals surface area contributed by atoms with Crippen molar-refractivity contribution in [2.24, 2.45) is 5.14 Å². The quantitative estimate of drug-likeness (QED) is 0.778. The third-order valence-electron chi connectivity index (χ3n) is 3.44. The molecule has 1 saturated heterocycles. The molecule has 19 heavy (non-hydrogen) atoms. The maximum Gasteiger partial charge on any atom is 0.238 e. The van der Waals surface area contributed by atoms with Crippen molar-refractivity contribution in [3.8, 4) is 0 Å². The SMILES string of the molecule is Cc1ccc(NC2CCCNCC2)cc1S(N)(=O)=O. The summed E-state index contributed by atoms with van der Waals surface area (Å²) in [4.78, 5) is 0.198. The van der Waals surface area contributed by atoms with Gasteiger partial charge in [-0.05, 0) is 57.0 Å². The van der Waals surface area contributed by atoms with Gasteiger partial charge in [-0.2, -0.15) is 0 Å². The molecular formula is C13H21N3O2S. The fourth-order valence-corrected chi connectivity index (χ4v) is 3.20. The van der Waals surface area contributed by atoms with Gasteiger partial charge in [-0.25, -0.2) is 13.6 Å². The zero-order valence-electron chi connectivity index (χ0n) is 11.1. The highest BCUT2D eigenvalue weighted by molar-refractivity contribution is 7.89. The number of rotatable bonds is 3. The van der Waals surface area contributed by atoms with Crippen molar-refractivity contribution in [2.75, 3.05) is 18.4 Å². The number of nitrogens with one attached hydrogen (secondary N) is 2. The summed E-state index contributed by atoms with van der Waals surface area (Å²) >= 11 is 0. The molecule has 1 heterocycles. The lowest BCUT2D eigenvalue weighted by atomic mass is 10.1. The molecule has 0 aromatic heterocycles. The van der Waals surface area contributed by atoms with Crippen molar-refractivity contribution in [1.29, 1.82) is 0 Å². The second-order valence-corrected chi connectivity index (χ2v) is 6.58. The normalized spacial score (nSPS) is 20.8. The summed E-state index contributed by atoms with van der Waals surface area (Å²) in [5.74, 6) is 0. The summed E-state index contributed by atoms with van der Waals surface area (Å²) in [7, 11) is -3.66. The van der Waals surface area contributed by atoms with E-state index < -0.39 is 10.0 Å².